The Balaban J connectivity index is 0.000000363. The average molecular weight is 879 g/mol. The van der Waals surface area contributed by atoms with Gasteiger partial charge in [-0.2, -0.15) is 17.6 Å². The van der Waals surface area contributed by atoms with Crippen LogP contribution in [-0.2, 0) is 16.2 Å². The first-order valence-corrected chi connectivity index (χ1v) is 16.6. The SMILES string of the molecule is C.CC(C)[O-].Cc1cc(OC(F)(F)F)ccc1-c1cn2c(C(F)(F)Cl)nnc2cn1.Cc1cc(OC(F)(F)F)ccc1-c1cn2c(C(F)(F)OC(C)C)nnc2cn1.[Na+]. The minimum atomic E-state index is -4.81. The van der Waals surface area contributed by atoms with Crippen LogP contribution in [0.2, 0.25) is 0 Å². The van der Waals surface area contributed by atoms with E-state index in [1.54, 1.807) is 20.8 Å². The predicted octanol–water partition coefficient (Wildman–Crippen LogP) is 6.15. The van der Waals surface area contributed by atoms with Gasteiger partial charge in [0.15, 0.2) is 11.3 Å². The van der Waals surface area contributed by atoms with Crippen molar-refractivity contribution >= 4 is 22.9 Å². The van der Waals surface area contributed by atoms with Crippen LogP contribution in [0.25, 0.3) is 33.8 Å². The summed E-state index contributed by atoms with van der Waals surface area (Å²) < 4.78 is 143. The summed E-state index contributed by atoms with van der Waals surface area (Å²) in [6.45, 7) is 9.22. The molecule has 0 saturated carbocycles. The molecule has 0 radical (unpaired) electrons. The first kappa shape index (κ1) is 50.8. The van der Waals surface area contributed by atoms with Crippen LogP contribution in [0.5, 0.6) is 11.5 Å². The van der Waals surface area contributed by atoms with Crippen molar-refractivity contribution in [2.75, 3.05) is 0 Å². The first-order chi connectivity index (χ1) is 26.2. The van der Waals surface area contributed by atoms with Crippen molar-refractivity contribution < 1.29 is 92.8 Å². The first-order valence-electron chi connectivity index (χ1n) is 16.2. The number of aryl methyl sites for hydroxylation is 2. The van der Waals surface area contributed by atoms with Crippen molar-refractivity contribution in [3.63, 3.8) is 0 Å². The van der Waals surface area contributed by atoms with E-state index >= 15 is 0 Å². The standard InChI is InChI=1S/C17H15F5N4O2.C14H8ClF5N4O.C3H7O.CH4.Na/c1-9(2)27-16(18,19)15-25-24-14-7-23-13(8-26(14)15)12-5-4-11(6-10(12)3)28-17(20,21)22;1-7-4-8(25-14(18,19)20)2-3-9(7)10-6-24-11(5-21-10)22-23-12(24)13(15,16)17;1-3(2)4;;/h4-9H,1-3H3;2-6H,1H3;3H,1-2H3;1H4;/q;;-1;;+1. The molecule has 6 aromatic rings. The van der Waals surface area contributed by atoms with Gasteiger partial charge in [-0.3, -0.25) is 18.8 Å². The number of hydrogen-bond acceptors (Lipinski definition) is 10. The minimum absolute atomic E-state index is 0. The fraction of sp³-hybridized carbons (Fsp3) is 0.371. The zero-order valence-electron chi connectivity index (χ0n) is 31.3. The normalized spacial score (nSPS) is 12.0. The molecule has 0 bridgehead atoms. The number of nitrogens with zero attached hydrogens (tertiary/aromatic N) is 8. The predicted molar refractivity (Wildman–Crippen MR) is 187 cm³/mol. The van der Waals surface area contributed by atoms with Gasteiger partial charge in [0, 0.05) is 23.5 Å². The molecule has 0 aliphatic carbocycles. The molecule has 0 spiro atoms. The molecule has 0 aliphatic rings. The Morgan fingerprint density at radius 2 is 1.02 bits per heavy atom. The third kappa shape index (κ3) is 14.1. The summed E-state index contributed by atoms with van der Waals surface area (Å²) in [5, 5.41) is 19.8. The second-order valence-corrected chi connectivity index (χ2v) is 12.8. The number of rotatable bonds is 8. The van der Waals surface area contributed by atoms with Gasteiger partial charge in [-0.25, -0.2) is 0 Å². The zero-order chi connectivity index (χ0) is 42.7. The van der Waals surface area contributed by atoms with Crippen LogP contribution in [-0.4, -0.2) is 64.1 Å². The van der Waals surface area contributed by atoms with Gasteiger partial charge in [0.2, 0.25) is 11.6 Å². The molecule has 0 aliphatic heterocycles. The summed E-state index contributed by atoms with van der Waals surface area (Å²) in [6, 6.07) is 7.26. The van der Waals surface area contributed by atoms with Gasteiger partial charge < -0.3 is 19.3 Å². The second kappa shape index (κ2) is 19.8. The van der Waals surface area contributed by atoms with Crippen molar-refractivity contribution in [1.29, 1.82) is 0 Å². The maximum absolute atomic E-state index is 14.3. The Morgan fingerprint density at radius 1 is 0.644 bits per heavy atom. The van der Waals surface area contributed by atoms with Crippen LogP contribution < -0.4 is 44.1 Å². The van der Waals surface area contributed by atoms with Crippen LogP contribution in [0.3, 0.4) is 0 Å². The van der Waals surface area contributed by atoms with E-state index in [1.807, 2.05) is 0 Å². The van der Waals surface area contributed by atoms with E-state index in [9.17, 15) is 49.0 Å². The van der Waals surface area contributed by atoms with Gasteiger partial charge in [-0.15, -0.1) is 52.8 Å². The Hall–Kier alpha value is -4.35. The second-order valence-electron chi connectivity index (χ2n) is 12.3. The van der Waals surface area contributed by atoms with Gasteiger partial charge in [0.1, 0.15) is 11.5 Å². The molecule has 316 valence electrons. The third-order valence-corrected chi connectivity index (χ3v) is 7.07. The topological polar surface area (TPSA) is 137 Å². The summed E-state index contributed by atoms with van der Waals surface area (Å²) in [5.74, 6) is -2.30. The number of benzene rings is 2. The van der Waals surface area contributed by atoms with Gasteiger partial charge in [-0.1, -0.05) is 21.3 Å². The van der Waals surface area contributed by atoms with Crippen molar-refractivity contribution in [3.05, 3.63) is 84.0 Å². The molecule has 0 amide bonds. The van der Waals surface area contributed by atoms with Crippen molar-refractivity contribution in [2.24, 2.45) is 0 Å². The van der Waals surface area contributed by atoms with Crippen molar-refractivity contribution in [3.8, 4) is 34.0 Å². The summed E-state index contributed by atoms with van der Waals surface area (Å²) in [5.41, 5.74) is 2.26. The zero-order valence-corrected chi connectivity index (χ0v) is 34.1. The van der Waals surface area contributed by atoms with E-state index in [-0.39, 0.29) is 59.7 Å². The van der Waals surface area contributed by atoms with E-state index in [0.29, 0.717) is 22.3 Å². The van der Waals surface area contributed by atoms with Gasteiger partial charge in [0.05, 0.1) is 29.9 Å². The molecule has 0 atom stereocenters. The average Bonchev–Trinajstić information content (AvgIpc) is 3.67. The molecule has 4 aromatic heterocycles. The molecule has 0 unspecified atom stereocenters. The monoisotopic (exact) mass is 878 g/mol. The van der Waals surface area contributed by atoms with Crippen LogP contribution >= 0.6 is 11.6 Å². The van der Waals surface area contributed by atoms with Crippen LogP contribution in [0.4, 0.5) is 43.9 Å². The molecule has 0 N–H and O–H groups in total. The molecule has 4 heterocycles. The van der Waals surface area contributed by atoms with Gasteiger partial charge in [-0.05, 0) is 86.8 Å². The summed E-state index contributed by atoms with van der Waals surface area (Å²) in [7, 11) is 0. The number of fused-ring (bicyclic) bond motifs is 2. The van der Waals surface area contributed by atoms with Crippen LogP contribution in [0.1, 0.15) is 57.9 Å². The van der Waals surface area contributed by atoms with Crippen molar-refractivity contribution in [1.82, 2.24) is 39.2 Å². The fourth-order valence-corrected chi connectivity index (χ4v) is 4.99. The molecule has 12 nitrogen and oxygen atoms in total. The number of hydrogen-bond donors (Lipinski definition) is 0. The summed E-state index contributed by atoms with van der Waals surface area (Å²) >= 11 is 4.99. The van der Waals surface area contributed by atoms with E-state index in [4.69, 9.17) is 11.6 Å². The molecular formula is C35H34ClF10N8NaO4. The molecule has 2 aromatic carbocycles. The number of ether oxygens (including phenoxy) is 3. The Labute approximate surface area is 356 Å². The van der Waals surface area contributed by atoms with E-state index in [0.717, 1.165) is 27.0 Å². The fourth-order valence-electron chi connectivity index (χ4n) is 4.86. The summed E-state index contributed by atoms with van der Waals surface area (Å²) in [6.07, 6.45) is -9.55. The number of alkyl halides is 11. The Morgan fingerprint density at radius 3 is 1.36 bits per heavy atom. The van der Waals surface area contributed by atoms with Crippen LogP contribution in [0, 0.1) is 13.8 Å². The molecular weight excluding hydrogens is 845 g/mol. The van der Waals surface area contributed by atoms with Gasteiger partial charge >= 0.3 is 53.8 Å². The van der Waals surface area contributed by atoms with E-state index < -0.39 is 59.6 Å². The molecule has 59 heavy (non-hydrogen) atoms. The van der Waals surface area contributed by atoms with E-state index in [1.165, 1.54) is 63.8 Å². The quantitative estimate of drug-likeness (QED) is 0.0995. The minimum Gasteiger partial charge on any atom is -0.852 e. The van der Waals surface area contributed by atoms with Crippen molar-refractivity contribution in [2.45, 2.75) is 85.4 Å². The smallest absolute Gasteiger partial charge is 0.852 e. The van der Waals surface area contributed by atoms with Gasteiger partial charge in [0.25, 0.3) is 0 Å². The molecule has 24 heteroatoms. The third-order valence-electron chi connectivity index (χ3n) is 6.90. The Kier molecular flexibility index (Phi) is 17.1. The Bertz CT molecular complexity index is 2310. The molecule has 0 fully saturated rings. The van der Waals surface area contributed by atoms with Crippen LogP contribution in [0.15, 0.2) is 61.2 Å². The maximum Gasteiger partial charge on any atom is 1.00 e. The molecule has 6 rings (SSSR count). The molecule has 0 saturated heterocycles. The maximum atomic E-state index is 14.3. The van der Waals surface area contributed by atoms with E-state index in [2.05, 4.69) is 44.6 Å². The number of halogens is 11. The number of aromatic nitrogens is 8. The largest absolute Gasteiger partial charge is 1.00 e. The summed E-state index contributed by atoms with van der Waals surface area (Å²) in [4.78, 5) is 8.19.